The lowest BCUT2D eigenvalue weighted by Gasteiger charge is -2.31. The molecule has 1 saturated carbocycles. The Labute approximate surface area is 155 Å². The third-order valence-corrected chi connectivity index (χ3v) is 6.28. The van der Waals surface area contributed by atoms with Crippen molar-refractivity contribution in [1.29, 1.82) is 0 Å². The Balaban J connectivity index is 1.55. The molecule has 0 unspecified atom stereocenters. The van der Waals surface area contributed by atoms with Gasteiger partial charge < -0.3 is 9.84 Å². The summed E-state index contributed by atoms with van der Waals surface area (Å²) in [5, 5.41) is 11.5. The van der Waals surface area contributed by atoms with Crippen LogP contribution < -0.4 is 4.74 Å². The number of rotatable bonds is 4. The molecule has 3 atom stereocenters. The molecule has 4 heteroatoms. The molecule has 1 aromatic heterocycles. The maximum atomic E-state index is 11.5. The Bertz CT molecular complexity index is 806. The van der Waals surface area contributed by atoms with Crippen molar-refractivity contribution in [3.8, 4) is 5.75 Å². The van der Waals surface area contributed by atoms with Crippen molar-refractivity contribution in [1.82, 2.24) is 9.88 Å². The SMILES string of the molecule is COc1ccc(C)cc1CN1C[C@@H]2CC[C@](O)(c3ncccc3C)[C@H]2C1. The van der Waals surface area contributed by atoms with E-state index in [1.807, 2.05) is 6.07 Å². The van der Waals surface area contributed by atoms with Crippen LogP contribution in [0.15, 0.2) is 36.5 Å². The number of aryl methyl sites for hydroxylation is 2. The fourth-order valence-corrected chi connectivity index (χ4v) is 5.02. The van der Waals surface area contributed by atoms with Crippen molar-refractivity contribution in [2.24, 2.45) is 11.8 Å². The summed E-state index contributed by atoms with van der Waals surface area (Å²) >= 11 is 0. The molecule has 2 aliphatic rings. The Morgan fingerprint density at radius 1 is 1.27 bits per heavy atom. The molecule has 26 heavy (non-hydrogen) atoms. The highest BCUT2D eigenvalue weighted by molar-refractivity contribution is 5.37. The minimum Gasteiger partial charge on any atom is -0.496 e. The average molecular weight is 352 g/mol. The summed E-state index contributed by atoms with van der Waals surface area (Å²) in [6, 6.07) is 10.3. The maximum absolute atomic E-state index is 11.5. The summed E-state index contributed by atoms with van der Waals surface area (Å²) < 4.78 is 5.54. The van der Waals surface area contributed by atoms with E-state index >= 15 is 0 Å². The Morgan fingerprint density at radius 3 is 2.88 bits per heavy atom. The number of aliphatic hydroxyl groups is 1. The van der Waals surface area contributed by atoms with Crippen molar-refractivity contribution in [3.63, 3.8) is 0 Å². The van der Waals surface area contributed by atoms with Crippen LogP contribution in [0.3, 0.4) is 0 Å². The van der Waals surface area contributed by atoms with Crippen LogP contribution in [0.5, 0.6) is 5.75 Å². The second-order valence-electron chi connectivity index (χ2n) is 8.01. The van der Waals surface area contributed by atoms with Crippen LogP contribution in [0, 0.1) is 25.7 Å². The standard InChI is InChI=1S/C22H28N2O2/c1-15-6-7-20(26-3)18(11-15)13-24-12-17-8-9-22(25,19(17)14-24)21-16(2)5-4-10-23-21/h4-7,10-11,17,19,25H,8-9,12-14H2,1-3H3/t17-,19-,22+/m0/s1. The highest BCUT2D eigenvalue weighted by atomic mass is 16.5. The van der Waals surface area contributed by atoms with E-state index in [0.717, 1.165) is 49.5 Å². The van der Waals surface area contributed by atoms with E-state index in [4.69, 9.17) is 4.74 Å². The molecule has 0 radical (unpaired) electrons. The molecule has 1 N–H and O–H groups in total. The molecule has 4 rings (SSSR count). The molecule has 0 amide bonds. The van der Waals surface area contributed by atoms with E-state index in [1.54, 1.807) is 13.3 Å². The first-order valence-corrected chi connectivity index (χ1v) is 9.51. The van der Waals surface area contributed by atoms with Crippen molar-refractivity contribution in [2.45, 2.75) is 38.8 Å². The number of hydrogen-bond acceptors (Lipinski definition) is 4. The first-order chi connectivity index (χ1) is 12.5. The number of methoxy groups -OCH3 is 1. The van der Waals surface area contributed by atoms with Gasteiger partial charge in [-0.1, -0.05) is 23.8 Å². The summed E-state index contributed by atoms with van der Waals surface area (Å²) in [6.07, 6.45) is 3.69. The van der Waals surface area contributed by atoms with Gasteiger partial charge in [0.2, 0.25) is 0 Å². The number of aromatic nitrogens is 1. The highest BCUT2D eigenvalue weighted by Gasteiger charge is 2.53. The fourth-order valence-electron chi connectivity index (χ4n) is 5.02. The normalized spacial score (nSPS) is 28.3. The predicted octanol–water partition coefficient (Wildman–Crippen LogP) is 3.44. The van der Waals surface area contributed by atoms with Crippen molar-refractivity contribution in [2.75, 3.05) is 20.2 Å². The van der Waals surface area contributed by atoms with Gasteiger partial charge in [-0.05, 0) is 50.3 Å². The largest absolute Gasteiger partial charge is 0.496 e. The van der Waals surface area contributed by atoms with Gasteiger partial charge in [0, 0.05) is 37.3 Å². The number of benzene rings is 1. The van der Waals surface area contributed by atoms with Gasteiger partial charge in [-0.3, -0.25) is 9.88 Å². The highest BCUT2D eigenvalue weighted by Crippen LogP contribution is 2.50. The first-order valence-electron chi connectivity index (χ1n) is 9.51. The van der Waals surface area contributed by atoms with Crippen LogP contribution in [-0.4, -0.2) is 35.2 Å². The minimum atomic E-state index is -0.790. The van der Waals surface area contributed by atoms with Gasteiger partial charge >= 0.3 is 0 Å². The van der Waals surface area contributed by atoms with E-state index in [9.17, 15) is 5.11 Å². The second-order valence-corrected chi connectivity index (χ2v) is 8.01. The van der Waals surface area contributed by atoms with Crippen LogP contribution in [-0.2, 0) is 12.1 Å². The first kappa shape index (κ1) is 17.5. The van der Waals surface area contributed by atoms with E-state index in [2.05, 4.69) is 48.0 Å². The molecule has 4 nitrogen and oxygen atoms in total. The molecule has 2 heterocycles. The summed E-state index contributed by atoms with van der Waals surface area (Å²) in [7, 11) is 1.73. The van der Waals surface area contributed by atoms with Crippen molar-refractivity contribution >= 4 is 0 Å². The molecule has 0 bridgehead atoms. The number of fused-ring (bicyclic) bond motifs is 1. The lowest BCUT2D eigenvalue weighted by Crippen LogP contribution is -2.36. The Morgan fingerprint density at radius 2 is 2.12 bits per heavy atom. The molecule has 1 aliphatic heterocycles. The zero-order valence-corrected chi connectivity index (χ0v) is 15.9. The van der Waals surface area contributed by atoms with Gasteiger partial charge in [0.25, 0.3) is 0 Å². The molecule has 1 saturated heterocycles. The lowest BCUT2D eigenvalue weighted by molar-refractivity contribution is -0.0114. The summed E-state index contributed by atoms with van der Waals surface area (Å²) in [5.74, 6) is 1.74. The number of ether oxygens (including phenoxy) is 1. The molecule has 2 fully saturated rings. The topological polar surface area (TPSA) is 45.6 Å². The van der Waals surface area contributed by atoms with Crippen LogP contribution >= 0.6 is 0 Å². The number of hydrogen-bond donors (Lipinski definition) is 1. The van der Waals surface area contributed by atoms with Crippen LogP contribution in [0.25, 0.3) is 0 Å². The zero-order chi connectivity index (χ0) is 18.3. The predicted molar refractivity (Wildman–Crippen MR) is 102 cm³/mol. The fraction of sp³-hybridized carbons (Fsp3) is 0.500. The van der Waals surface area contributed by atoms with Gasteiger partial charge in [-0.2, -0.15) is 0 Å². The third-order valence-electron chi connectivity index (χ3n) is 6.28. The summed E-state index contributed by atoms with van der Waals surface area (Å²) in [6.45, 7) is 6.99. The van der Waals surface area contributed by atoms with Gasteiger partial charge in [-0.25, -0.2) is 0 Å². The lowest BCUT2D eigenvalue weighted by atomic mass is 9.83. The number of pyridine rings is 1. The molecule has 1 aromatic carbocycles. The van der Waals surface area contributed by atoms with Gasteiger partial charge in [-0.15, -0.1) is 0 Å². The Hall–Kier alpha value is -1.91. The van der Waals surface area contributed by atoms with E-state index in [-0.39, 0.29) is 5.92 Å². The molecular formula is C22H28N2O2. The van der Waals surface area contributed by atoms with Gasteiger partial charge in [0.15, 0.2) is 0 Å². The zero-order valence-electron chi connectivity index (χ0n) is 15.9. The smallest absolute Gasteiger partial charge is 0.123 e. The summed E-state index contributed by atoms with van der Waals surface area (Å²) in [5.41, 5.74) is 3.66. The van der Waals surface area contributed by atoms with Crippen LogP contribution in [0.4, 0.5) is 0 Å². The van der Waals surface area contributed by atoms with E-state index < -0.39 is 5.60 Å². The molecule has 1 aliphatic carbocycles. The molecular weight excluding hydrogens is 324 g/mol. The maximum Gasteiger partial charge on any atom is 0.123 e. The summed E-state index contributed by atoms with van der Waals surface area (Å²) in [4.78, 5) is 7.02. The third kappa shape index (κ3) is 2.91. The van der Waals surface area contributed by atoms with Gasteiger partial charge in [0.05, 0.1) is 12.8 Å². The molecule has 0 spiro atoms. The minimum absolute atomic E-state index is 0.256. The van der Waals surface area contributed by atoms with Crippen molar-refractivity contribution in [3.05, 3.63) is 58.9 Å². The van der Waals surface area contributed by atoms with E-state index in [1.165, 1.54) is 11.1 Å². The number of nitrogens with zero attached hydrogens (tertiary/aromatic N) is 2. The van der Waals surface area contributed by atoms with Crippen LogP contribution in [0.1, 0.15) is 35.2 Å². The Kier molecular flexibility index (Phi) is 4.49. The monoisotopic (exact) mass is 352 g/mol. The molecule has 2 aromatic rings. The van der Waals surface area contributed by atoms with Gasteiger partial charge in [0.1, 0.15) is 11.4 Å². The van der Waals surface area contributed by atoms with Crippen molar-refractivity contribution < 1.29 is 9.84 Å². The second kappa shape index (κ2) is 6.67. The molecule has 138 valence electrons. The average Bonchev–Trinajstić information content (AvgIpc) is 3.16. The van der Waals surface area contributed by atoms with E-state index in [0.29, 0.717) is 5.92 Å². The number of likely N-dealkylation sites (tertiary alicyclic amines) is 1. The van der Waals surface area contributed by atoms with Crippen LogP contribution in [0.2, 0.25) is 0 Å². The quantitative estimate of drug-likeness (QED) is 0.916.